The Morgan fingerprint density at radius 2 is 1.97 bits per heavy atom. The van der Waals surface area contributed by atoms with Crippen molar-refractivity contribution in [3.05, 3.63) is 84.5 Å². The number of esters is 1. The largest absolute Gasteiger partial charge is 0.504 e. The number of aromatic nitrogens is 1. The first-order chi connectivity index (χ1) is 17.2. The van der Waals surface area contributed by atoms with Crippen molar-refractivity contribution in [2.45, 2.75) is 39.8 Å². The molecule has 2 aromatic carbocycles. The first-order valence-corrected chi connectivity index (χ1v) is 12.4. The molecule has 1 aromatic heterocycles. The van der Waals surface area contributed by atoms with E-state index in [1.807, 2.05) is 38.1 Å². The predicted molar refractivity (Wildman–Crippen MR) is 137 cm³/mol. The smallest absolute Gasteiger partial charge is 0.338 e. The molecule has 0 spiro atoms. The fraction of sp³-hybridized carbons (Fsp3) is 0.296. The lowest BCUT2D eigenvalue weighted by molar-refractivity contribution is -0.139. The van der Waals surface area contributed by atoms with Gasteiger partial charge in [0.2, 0.25) is 0 Å². The van der Waals surface area contributed by atoms with E-state index in [0.29, 0.717) is 43.2 Å². The van der Waals surface area contributed by atoms with Gasteiger partial charge in [0.25, 0.3) is 5.56 Å². The third-order valence-corrected chi connectivity index (χ3v) is 6.58. The van der Waals surface area contributed by atoms with Gasteiger partial charge in [-0.2, -0.15) is 0 Å². The number of hydrogen-bond donors (Lipinski definition) is 1. The van der Waals surface area contributed by atoms with Crippen LogP contribution in [0.3, 0.4) is 0 Å². The number of allylic oxidation sites excluding steroid dienone is 1. The van der Waals surface area contributed by atoms with E-state index in [0.717, 1.165) is 0 Å². The molecule has 8 nitrogen and oxygen atoms in total. The lowest BCUT2D eigenvalue weighted by atomic mass is 9.95. The minimum Gasteiger partial charge on any atom is -0.504 e. The SMILES string of the molecule is CCOC(=O)C1=C(C)N=c2s/c(=C\c3ccc(O)c(OC)c3)c(=O)n2[C@@H]1c1ccccc1OC(C)C. The molecule has 0 bridgehead atoms. The molecule has 0 saturated heterocycles. The molecular weight excluding hydrogens is 480 g/mol. The Balaban J connectivity index is 1.97. The second-order valence-electron chi connectivity index (χ2n) is 8.44. The molecular formula is C27H28N2O6S. The van der Waals surface area contributed by atoms with Crippen LogP contribution in [0.4, 0.5) is 0 Å². The number of thiazole rings is 1. The quantitative estimate of drug-likeness (QED) is 0.492. The third-order valence-electron chi connectivity index (χ3n) is 5.59. The number of carbonyl (C=O) groups excluding carboxylic acids is 1. The van der Waals surface area contributed by atoms with Gasteiger partial charge in [0.05, 0.1) is 35.6 Å². The third kappa shape index (κ3) is 4.79. The highest BCUT2D eigenvalue weighted by atomic mass is 32.1. The van der Waals surface area contributed by atoms with E-state index < -0.39 is 12.0 Å². The van der Waals surface area contributed by atoms with Crippen LogP contribution in [0.15, 0.2) is 63.5 Å². The van der Waals surface area contributed by atoms with Crippen LogP contribution in [0.5, 0.6) is 17.2 Å². The number of ether oxygens (including phenoxy) is 3. The normalized spacial score (nSPS) is 15.5. The van der Waals surface area contributed by atoms with E-state index in [1.165, 1.54) is 29.1 Å². The van der Waals surface area contributed by atoms with Gasteiger partial charge < -0.3 is 19.3 Å². The Hall–Kier alpha value is -3.85. The van der Waals surface area contributed by atoms with Crippen molar-refractivity contribution < 1.29 is 24.1 Å². The van der Waals surface area contributed by atoms with Crippen LogP contribution in [0.1, 0.15) is 44.9 Å². The van der Waals surface area contributed by atoms with Gasteiger partial charge in [-0.3, -0.25) is 9.36 Å². The van der Waals surface area contributed by atoms with Crippen molar-refractivity contribution in [3.8, 4) is 17.2 Å². The standard InChI is InChI=1S/C27H28N2O6S/c1-6-34-26(32)23-16(4)28-27-29(24(23)18-9-7-8-10-20(18)35-15(2)3)25(31)22(36-27)14-17-11-12-19(30)21(13-17)33-5/h7-15,24,30H,6H2,1-5H3/b22-14-/t24-/m1/s1. The van der Waals surface area contributed by atoms with E-state index >= 15 is 0 Å². The van der Waals surface area contributed by atoms with Gasteiger partial charge in [0.15, 0.2) is 16.3 Å². The van der Waals surface area contributed by atoms with E-state index in [-0.39, 0.29) is 24.0 Å². The van der Waals surface area contributed by atoms with Crippen molar-refractivity contribution in [2.75, 3.05) is 13.7 Å². The van der Waals surface area contributed by atoms with Gasteiger partial charge in [0.1, 0.15) is 11.8 Å². The molecule has 36 heavy (non-hydrogen) atoms. The highest BCUT2D eigenvalue weighted by Crippen LogP contribution is 2.36. The molecule has 0 unspecified atom stereocenters. The number of rotatable bonds is 7. The summed E-state index contributed by atoms with van der Waals surface area (Å²) < 4.78 is 18.6. The fourth-order valence-corrected chi connectivity index (χ4v) is 5.14. The maximum Gasteiger partial charge on any atom is 0.338 e. The van der Waals surface area contributed by atoms with Crippen molar-refractivity contribution in [1.29, 1.82) is 0 Å². The molecule has 1 atom stereocenters. The highest BCUT2D eigenvalue weighted by Gasteiger charge is 2.35. The van der Waals surface area contributed by atoms with Gasteiger partial charge in [0, 0.05) is 5.56 Å². The Kier molecular flexibility index (Phi) is 7.30. The summed E-state index contributed by atoms with van der Waals surface area (Å²) >= 11 is 1.22. The van der Waals surface area contributed by atoms with Gasteiger partial charge in [-0.15, -0.1) is 0 Å². The minimum absolute atomic E-state index is 0.00701. The molecule has 1 N–H and O–H groups in total. The minimum atomic E-state index is -0.772. The molecule has 9 heteroatoms. The Labute approximate surface area is 212 Å². The first kappa shape index (κ1) is 25.2. The molecule has 188 valence electrons. The molecule has 0 radical (unpaired) electrons. The summed E-state index contributed by atoms with van der Waals surface area (Å²) in [6.45, 7) is 7.51. The number of phenolic OH excluding ortho intramolecular Hbond substituents is 1. The number of para-hydroxylation sites is 1. The van der Waals surface area contributed by atoms with Crippen LogP contribution in [0, 0.1) is 0 Å². The van der Waals surface area contributed by atoms with Crippen LogP contribution in [0.2, 0.25) is 0 Å². The van der Waals surface area contributed by atoms with Gasteiger partial charge in [-0.05, 0) is 57.5 Å². The molecule has 3 aromatic rings. The van der Waals surface area contributed by atoms with Crippen LogP contribution < -0.4 is 24.4 Å². The zero-order chi connectivity index (χ0) is 26.0. The fourth-order valence-electron chi connectivity index (χ4n) is 4.09. The van der Waals surface area contributed by atoms with Crippen molar-refractivity contribution in [2.24, 2.45) is 4.99 Å². The van der Waals surface area contributed by atoms with Crippen LogP contribution in [0.25, 0.3) is 6.08 Å². The van der Waals surface area contributed by atoms with Gasteiger partial charge in [-0.1, -0.05) is 35.6 Å². The zero-order valence-corrected chi connectivity index (χ0v) is 21.6. The summed E-state index contributed by atoms with van der Waals surface area (Å²) in [7, 11) is 1.46. The predicted octanol–water partition coefficient (Wildman–Crippen LogP) is 3.30. The first-order valence-electron chi connectivity index (χ1n) is 11.6. The van der Waals surface area contributed by atoms with E-state index in [1.54, 1.807) is 32.1 Å². The molecule has 1 aliphatic heterocycles. The summed E-state index contributed by atoms with van der Waals surface area (Å²) in [4.78, 5) is 32.0. The van der Waals surface area contributed by atoms with Gasteiger partial charge >= 0.3 is 5.97 Å². The van der Waals surface area contributed by atoms with E-state index in [2.05, 4.69) is 4.99 Å². The summed E-state index contributed by atoms with van der Waals surface area (Å²) in [6, 6.07) is 11.4. The van der Waals surface area contributed by atoms with Crippen molar-refractivity contribution >= 4 is 23.4 Å². The maximum atomic E-state index is 13.8. The molecule has 0 amide bonds. The van der Waals surface area contributed by atoms with Crippen LogP contribution >= 0.6 is 11.3 Å². The van der Waals surface area contributed by atoms with E-state index in [9.17, 15) is 14.7 Å². The lowest BCUT2D eigenvalue weighted by Crippen LogP contribution is -2.40. The number of aromatic hydroxyl groups is 1. The van der Waals surface area contributed by atoms with Crippen LogP contribution in [-0.4, -0.2) is 35.5 Å². The molecule has 4 rings (SSSR count). The monoisotopic (exact) mass is 508 g/mol. The highest BCUT2D eigenvalue weighted by molar-refractivity contribution is 7.07. The Morgan fingerprint density at radius 1 is 1.22 bits per heavy atom. The number of benzene rings is 2. The molecule has 0 fully saturated rings. The lowest BCUT2D eigenvalue weighted by Gasteiger charge is -2.26. The zero-order valence-electron chi connectivity index (χ0n) is 20.8. The van der Waals surface area contributed by atoms with Crippen molar-refractivity contribution in [1.82, 2.24) is 4.57 Å². The average Bonchev–Trinajstić information content (AvgIpc) is 3.14. The second-order valence-corrected chi connectivity index (χ2v) is 9.45. The van der Waals surface area contributed by atoms with Crippen molar-refractivity contribution in [3.63, 3.8) is 0 Å². The Morgan fingerprint density at radius 3 is 2.67 bits per heavy atom. The second kappa shape index (κ2) is 10.4. The molecule has 2 heterocycles. The number of carbonyl (C=O) groups is 1. The maximum absolute atomic E-state index is 13.8. The van der Waals surface area contributed by atoms with Gasteiger partial charge in [-0.25, -0.2) is 9.79 Å². The Bertz CT molecular complexity index is 1520. The number of fused-ring (bicyclic) bond motifs is 1. The van der Waals surface area contributed by atoms with Crippen LogP contribution in [-0.2, 0) is 9.53 Å². The summed E-state index contributed by atoms with van der Waals surface area (Å²) in [5, 5.41) is 9.91. The molecule has 0 aliphatic carbocycles. The molecule has 1 aliphatic rings. The summed E-state index contributed by atoms with van der Waals surface area (Å²) in [5.74, 6) is 0.356. The summed E-state index contributed by atoms with van der Waals surface area (Å²) in [6.07, 6.45) is 1.60. The topological polar surface area (TPSA) is 99.4 Å². The van der Waals surface area contributed by atoms with E-state index in [4.69, 9.17) is 14.2 Å². The number of phenols is 1. The molecule has 0 saturated carbocycles. The number of methoxy groups -OCH3 is 1. The number of nitrogens with zero attached hydrogens (tertiary/aromatic N) is 2. The summed E-state index contributed by atoms with van der Waals surface area (Å²) in [5.41, 5.74) is 1.82. The average molecular weight is 509 g/mol. The number of hydrogen-bond acceptors (Lipinski definition) is 8.